The minimum Gasteiger partial charge on any atom is -0.461 e. The van der Waals surface area contributed by atoms with E-state index >= 15 is 8.78 Å². The average molecular weight is 794 g/mol. The number of fused-ring (bicyclic) bond motifs is 7. The lowest BCUT2D eigenvalue weighted by molar-refractivity contribution is 0.107. The number of piperidine rings is 1. The van der Waals surface area contributed by atoms with Gasteiger partial charge in [-0.1, -0.05) is 85.1 Å². The Morgan fingerprint density at radius 3 is 2.51 bits per heavy atom. The Kier molecular flexibility index (Phi) is 9.91. The molecule has 0 spiro atoms. The second kappa shape index (κ2) is 14.5. The highest BCUT2D eigenvalue weighted by Gasteiger charge is 2.50. The summed E-state index contributed by atoms with van der Waals surface area (Å²) in [6, 6.07) is 9.31. The third-order valence-electron chi connectivity index (χ3n) is 15.2. The molecule has 6 heterocycles. The molecule has 0 amide bonds. The molecule has 6 atom stereocenters. The Labute approximate surface area is 337 Å². The molecule has 9 rings (SSSR count). The molecule has 6 nitrogen and oxygen atoms in total. The predicted octanol–water partition coefficient (Wildman–Crippen LogP) is 10.8. The monoisotopic (exact) mass is 793 g/mol. The third kappa shape index (κ3) is 6.19. The topological polar surface area (TPSA) is 54.4 Å². The summed E-state index contributed by atoms with van der Waals surface area (Å²) in [5.41, 5.74) is 6.37. The molecule has 0 N–H and O–H groups in total. The molecule has 4 fully saturated rings. The predicted molar refractivity (Wildman–Crippen MR) is 226 cm³/mol. The van der Waals surface area contributed by atoms with E-state index in [0.29, 0.717) is 81.5 Å². The second-order valence-electron chi connectivity index (χ2n) is 19.1. The van der Waals surface area contributed by atoms with E-state index in [0.717, 1.165) is 43.4 Å². The Balaban J connectivity index is 1.25. The van der Waals surface area contributed by atoms with Crippen LogP contribution < -0.4 is 9.64 Å². The number of anilines is 1. The highest BCUT2D eigenvalue weighted by molar-refractivity contribution is 6.90. The van der Waals surface area contributed by atoms with Gasteiger partial charge in [-0.05, 0) is 90.9 Å². The fourth-order valence-corrected chi connectivity index (χ4v) is 17.8. The SMILES string of the molecule is CC[C@H]1Cc2nc(-c3cccc4ccc(F)c(C#C[Si](C(C)C)(C(C)C)C(C)C)c34)c(F)c3nc(OC[C@@]45CCCN4C[C@H](F)C5)nc(c23)N2C[C@H]3CC[C@H](C3)[C@H]12. The number of aromatic nitrogens is 3. The molecular weight excluding hydrogens is 736 g/mol. The summed E-state index contributed by atoms with van der Waals surface area (Å²) in [5, 5.41) is 2.02. The van der Waals surface area contributed by atoms with E-state index in [1.165, 1.54) is 25.3 Å². The van der Waals surface area contributed by atoms with Crippen molar-refractivity contribution in [1.82, 2.24) is 19.9 Å². The largest absolute Gasteiger partial charge is 0.461 e. The minimum absolute atomic E-state index is 0.127. The van der Waals surface area contributed by atoms with Gasteiger partial charge in [0.05, 0.1) is 22.2 Å². The molecule has 1 saturated carbocycles. The summed E-state index contributed by atoms with van der Waals surface area (Å²) in [6.07, 6.45) is 6.61. The van der Waals surface area contributed by atoms with Gasteiger partial charge in [-0.25, -0.2) is 18.2 Å². The molecule has 5 aliphatic rings. The number of ether oxygens (including phenoxy) is 1. The Bertz CT molecular complexity index is 2260. The molecule has 302 valence electrons. The van der Waals surface area contributed by atoms with Crippen LogP contribution in [0.15, 0.2) is 30.3 Å². The summed E-state index contributed by atoms with van der Waals surface area (Å²) in [6.45, 7) is 18.1. The molecular formula is C47H58F3N5OSi. The van der Waals surface area contributed by atoms with Gasteiger partial charge in [-0.2, -0.15) is 9.97 Å². The van der Waals surface area contributed by atoms with E-state index in [9.17, 15) is 4.39 Å². The van der Waals surface area contributed by atoms with Crippen molar-refractivity contribution in [2.45, 2.75) is 134 Å². The van der Waals surface area contributed by atoms with Gasteiger partial charge in [0.1, 0.15) is 43.7 Å². The zero-order chi connectivity index (χ0) is 40.0. The molecule has 1 aliphatic carbocycles. The van der Waals surface area contributed by atoms with Crippen molar-refractivity contribution in [2.75, 3.05) is 31.1 Å². The summed E-state index contributed by atoms with van der Waals surface area (Å²) in [5.74, 6) is 4.53. The molecule has 4 aromatic rings. The number of alkyl halides is 1. The number of benzene rings is 2. The van der Waals surface area contributed by atoms with E-state index < -0.39 is 31.4 Å². The molecule has 0 radical (unpaired) electrons. The van der Waals surface area contributed by atoms with Crippen LogP contribution in [0.1, 0.15) is 105 Å². The van der Waals surface area contributed by atoms with Crippen LogP contribution in [0.5, 0.6) is 6.01 Å². The van der Waals surface area contributed by atoms with E-state index in [2.05, 4.69) is 69.7 Å². The van der Waals surface area contributed by atoms with Crippen LogP contribution in [0.4, 0.5) is 19.0 Å². The molecule has 2 bridgehead atoms. The lowest BCUT2D eigenvalue weighted by Gasteiger charge is -2.44. The van der Waals surface area contributed by atoms with Crippen molar-refractivity contribution in [2.24, 2.45) is 17.8 Å². The van der Waals surface area contributed by atoms with Crippen molar-refractivity contribution in [1.29, 1.82) is 0 Å². The molecule has 10 heteroatoms. The first-order chi connectivity index (χ1) is 27.3. The normalized spacial score (nSPS) is 27.0. The van der Waals surface area contributed by atoms with Crippen molar-refractivity contribution >= 4 is 35.6 Å². The highest BCUT2D eigenvalue weighted by atomic mass is 28.3. The third-order valence-corrected chi connectivity index (χ3v) is 21.5. The van der Waals surface area contributed by atoms with Crippen molar-refractivity contribution in [3.05, 3.63) is 53.2 Å². The van der Waals surface area contributed by atoms with Crippen LogP contribution in [0.25, 0.3) is 32.9 Å². The van der Waals surface area contributed by atoms with Crippen molar-refractivity contribution < 1.29 is 17.9 Å². The first-order valence-corrected chi connectivity index (χ1v) is 24.0. The van der Waals surface area contributed by atoms with E-state index in [-0.39, 0.29) is 29.9 Å². The number of hydrogen-bond acceptors (Lipinski definition) is 6. The molecule has 0 unspecified atom stereocenters. The van der Waals surface area contributed by atoms with Gasteiger partial charge in [0.15, 0.2) is 5.82 Å². The van der Waals surface area contributed by atoms with E-state index in [1.54, 1.807) is 6.07 Å². The van der Waals surface area contributed by atoms with E-state index in [1.807, 2.05) is 18.2 Å². The summed E-state index contributed by atoms with van der Waals surface area (Å²) in [7, 11) is -2.23. The standard InChI is InChI=1S/C47H58F3N5OSi/c1-8-31-22-38-40-43(52-46(56-26-47-18-10-19-54(47)25-34(48)23-47)53-45(40)55-24-30-13-14-33(21-30)44(31)55)41(50)42(51-38)36-12-9-11-32-15-16-37(49)35(39(32)36)17-20-57(27(2)3,28(4)5)29(6)7/h9,11-12,15-16,27-31,33-34,44H,8,10,13-14,18-19,21-26H2,1-7H3/t30-,31-,33+,34+,44-,47-/m0/s1. The first kappa shape index (κ1) is 38.8. The van der Waals surface area contributed by atoms with Crippen LogP contribution >= 0.6 is 0 Å². The van der Waals surface area contributed by atoms with Crippen molar-refractivity contribution in [3.8, 4) is 28.7 Å². The van der Waals surface area contributed by atoms with Gasteiger partial charge in [-0.3, -0.25) is 4.90 Å². The molecule has 57 heavy (non-hydrogen) atoms. The van der Waals surface area contributed by atoms with Gasteiger partial charge in [0.25, 0.3) is 0 Å². The van der Waals surface area contributed by atoms with Gasteiger partial charge in [0, 0.05) is 36.5 Å². The van der Waals surface area contributed by atoms with Crippen LogP contribution in [0.2, 0.25) is 16.6 Å². The zero-order valence-corrected chi connectivity index (χ0v) is 35.8. The fraction of sp³-hybridized carbons (Fsp3) is 0.596. The van der Waals surface area contributed by atoms with Crippen LogP contribution in [0, 0.1) is 40.9 Å². The maximum atomic E-state index is 17.8. The molecule has 4 aliphatic heterocycles. The van der Waals surface area contributed by atoms with Crippen molar-refractivity contribution in [3.63, 3.8) is 0 Å². The maximum absolute atomic E-state index is 17.8. The average Bonchev–Trinajstić information content (AvgIpc) is 3.82. The van der Waals surface area contributed by atoms with Gasteiger partial charge < -0.3 is 9.64 Å². The number of pyridine rings is 1. The van der Waals surface area contributed by atoms with Gasteiger partial charge >= 0.3 is 6.01 Å². The number of hydrogen-bond donors (Lipinski definition) is 0. The number of rotatable bonds is 8. The quantitative estimate of drug-likeness (QED) is 0.131. The second-order valence-corrected chi connectivity index (χ2v) is 24.6. The Morgan fingerprint density at radius 2 is 1.75 bits per heavy atom. The smallest absolute Gasteiger partial charge is 0.319 e. The van der Waals surface area contributed by atoms with Gasteiger partial charge in [-0.15, -0.1) is 5.54 Å². The maximum Gasteiger partial charge on any atom is 0.319 e. The minimum atomic E-state index is -2.23. The first-order valence-electron chi connectivity index (χ1n) is 21.8. The summed E-state index contributed by atoms with van der Waals surface area (Å²) >= 11 is 0. The lowest BCUT2D eigenvalue weighted by atomic mass is 9.80. The van der Waals surface area contributed by atoms with Gasteiger partial charge in [0.2, 0.25) is 0 Å². The van der Waals surface area contributed by atoms with Crippen LogP contribution in [-0.2, 0) is 6.42 Å². The Morgan fingerprint density at radius 1 is 0.965 bits per heavy atom. The van der Waals surface area contributed by atoms with Crippen LogP contribution in [0.3, 0.4) is 0 Å². The summed E-state index contributed by atoms with van der Waals surface area (Å²) < 4.78 is 55.4. The molecule has 3 saturated heterocycles. The molecule has 2 aromatic heterocycles. The Hall–Kier alpha value is -3.68. The highest BCUT2D eigenvalue weighted by Crippen LogP contribution is 2.50. The number of nitrogens with zero attached hydrogens (tertiary/aromatic N) is 5. The number of halogens is 3. The van der Waals surface area contributed by atoms with E-state index in [4.69, 9.17) is 19.7 Å². The van der Waals surface area contributed by atoms with Crippen LogP contribution in [-0.4, -0.2) is 71.9 Å². The zero-order valence-electron chi connectivity index (χ0n) is 34.8. The summed E-state index contributed by atoms with van der Waals surface area (Å²) in [4.78, 5) is 20.0. The fourth-order valence-electron chi connectivity index (χ4n) is 12.6. The lowest BCUT2D eigenvalue weighted by Crippen LogP contribution is -2.50. The molecule has 2 aromatic carbocycles.